The van der Waals surface area contributed by atoms with Gasteiger partial charge in [-0.15, -0.1) is 12.4 Å². The molecule has 8 heteroatoms. The van der Waals surface area contributed by atoms with Gasteiger partial charge in [-0.05, 0) is 39.2 Å². The highest BCUT2D eigenvalue weighted by molar-refractivity contribution is 7.89. The maximum Gasteiger partial charge on any atom is 0.246 e. The van der Waals surface area contributed by atoms with Crippen molar-refractivity contribution in [2.45, 2.75) is 45.6 Å². The van der Waals surface area contributed by atoms with Gasteiger partial charge in [-0.2, -0.15) is 9.40 Å². The van der Waals surface area contributed by atoms with Gasteiger partial charge in [0.25, 0.3) is 0 Å². The van der Waals surface area contributed by atoms with E-state index < -0.39 is 10.0 Å². The lowest BCUT2D eigenvalue weighted by Gasteiger charge is -2.22. The number of hydrogen-bond donors (Lipinski definition) is 1. The second-order valence-corrected chi connectivity index (χ2v) is 7.79. The third kappa shape index (κ3) is 3.11. The summed E-state index contributed by atoms with van der Waals surface area (Å²) in [7, 11) is -3.48. The summed E-state index contributed by atoms with van der Waals surface area (Å²) in [6.07, 6.45) is 0.808. The van der Waals surface area contributed by atoms with E-state index in [2.05, 4.69) is 5.10 Å². The third-order valence-electron chi connectivity index (χ3n) is 4.23. The van der Waals surface area contributed by atoms with Crippen molar-refractivity contribution in [3.63, 3.8) is 0 Å². The molecule has 0 aliphatic carbocycles. The number of halogens is 1. The van der Waals surface area contributed by atoms with Crippen molar-refractivity contribution < 1.29 is 8.42 Å². The first-order valence-corrected chi connectivity index (χ1v) is 8.43. The number of aryl methyl sites for hydroxylation is 2. The van der Waals surface area contributed by atoms with Gasteiger partial charge < -0.3 is 5.73 Å². The summed E-state index contributed by atoms with van der Waals surface area (Å²) in [6, 6.07) is 0. The Kier molecular flexibility index (Phi) is 5.47. The van der Waals surface area contributed by atoms with Gasteiger partial charge in [0.1, 0.15) is 4.90 Å². The maximum absolute atomic E-state index is 12.8. The Labute approximate surface area is 133 Å². The predicted molar refractivity (Wildman–Crippen MR) is 85.2 cm³/mol. The molecule has 2 rings (SSSR count). The average molecular weight is 337 g/mol. The normalized spacial score (nSPS) is 23.3. The van der Waals surface area contributed by atoms with E-state index in [-0.39, 0.29) is 17.8 Å². The highest BCUT2D eigenvalue weighted by Gasteiger charge is 2.40. The van der Waals surface area contributed by atoms with Crippen LogP contribution in [0.1, 0.15) is 31.7 Å². The van der Waals surface area contributed by atoms with Gasteiger partial charge in [-0.3, -0.25) is 4.68 Å². The average Bonchev–Trinajstić information content (AvgIpc) is 2.92. The molecule has 2 heterocycles. The van der Waals surface area contributed by atoms with Crippen LogP contribution in [0.15, 0.2) is 4.90 Å². The monoisotopic (exact) mass is 336 g/mol. The second-order valence-electron chi connectivity index (χ2n) is 5.92. The van der Waals surface area contributed by atoms with E-state index in [1.54, 1.807) is 15.9 Å². The lowest BCUT2D eigenvalue weighted by molar-refractivity contribution is 0.349. The van der Waals surface area contributed by atoms with E-state index in [9.17, 15) is 8.42 Å². The first-order chi connectivity index (χ1) is 9.25. The highest BCUT2D eigenvalue weighted by Crippen LogP contribution is 2.34. The van der Waals surface area contributed by atoms with Crippen molar-refractivity contribution >= 4 is 22.4 Å². The van der Waals surface area contributed by atoms with E-state index in [0.29, 0.717) is 42.5 Å². The van der Waals surface area contributed by atoms with Gasteiger partial charge >= 0.3 is 0 Å². The van der Waals surface area contributed by atoms with Gasteiger partial charge in [0.05, 0.1) is 11.4 Å². The van der Waals surface area contributed by atoms with Gasteiger partial charge in [-0.25, -0.2) is 8.42 Å². The number of nitrogens with zero attached hydrogens (tertiary/aromatic N) is 3. The first-order valence-electron chi connectivity index (χ1n) is 6.99. The number of nitrogens with two attached hydrogens (primary N) is 1. The molecule has 0 saturated carbocycles. The minimum atomic E-state index is -3.48. The van der Waals surface area contributed by atoms with Crippen LogP contribution < -0.4 is 5.73 Å². The van der Waals surface area contributed by atoms with Crippen LogP contribution in [0.3, 0.4) is 0 Å². The van der Waals surface area contributed by atoms with Crippen molar-refractivity contribution in [3.8, 4) is 0 Å². The minimum Gasteiger partial charge on any atom is -0.330 e. The molecule has 1 aliphatic rings. The van der Waals surface area contributed by atoms with Gasteiger partial charge in [0.15, 0.2) is 0 Å². The Morgan fingerprint density at radius 2 is 2.00 bits per heavy atom. The fourth-order valence-electron chi connectivity index (χ4n) is 2.84. The molecule has 0 radical (unpaired) electrons. The van der Waals surface area contributed by atoms with E-state index in [1.807, 2.05) is 20.8 Å². The predicted octanol–water partition coefficient (Wildman–Crippen LogP) is 1.30. The standard InChI is InChI=1S/C13H24N4O2S.ClH/c1-5-17-11(3)12(10(2)15-17)20(18,19)16-7-6-13(4,8-14)9-16;/h5-9,14H2,1-4H3;1H. The van der Waals surface area contributed by atoms with Crippen LogP contribution in [0, 0.1) is 19.3 Å². The number of hydrogen-bond acceptors (Lipinski definition) is 4. The zero-order valence-corrected chi connectivity index (χ0v) is 14.7. The molecule has 1 unspecified atom stereocenters. The summed E-state index contributed by atoms with van der Waals surface area (Å²) in [5.74, 6) is 0. The lowest BCUT2D eigenvalue weighted by Crippen LogP contribution is -2.34. The van der Waals surface area contributed by atoms with Gasteiger partial charge in [0, 0.05) is 19.6 Å². The number of rotatable bonds is 4. The van der Waals surface area contributed by atoms with Crippen LogP contribution in [0.4, 0.5) is 0 Å². The molecule has 1 atom stereocenters. The number of sulfonamides is 1. The molecule has 1 aromatic rings. The second kappa shape index (κ2) is 6.24. The molecule has 0 bridgehead atoms. The van der Waals surface area contributed by atoms with Crippen LogP contribution in [0.5, 0.6) is 0 Å². The SMILES string of the molecule is CCn1nc(C)c(S(=O)(=O)N2CCC(C)(CN)C2)c1C.Cl. The first kappa shape index (κ1) is 18.4. The molecule has 6 nitrogen and oxygen atoms in total. The quantitative estimate of drug-likeness (QED) is 0.898. The maximum atomic E-state index is 12.8. The fraction of sp³-hybridized carbons (Fsp3) is 0.769. The molecule has 1 saturated heterocycles. The molecule has 1 aromatic heterocycles. The van der Waals surface area contributed by atoms with Gasteiger partial charge in [0.2, 0.25) is 10.0 Å². The summed E-state index contributed by atoms with van der Waals surface area (Å²) in [5.41, 5.74) is 6.93. The van der Waals surface area contributed by atoms with Crippen LogP contribution in [-0.2, 0) is 16.6 Å². The Morgan fingerprint density at radius 1 is 1.38 bits per heavy atom. The Hall–Kier alpha value is -0.630. The molecule has 122 valence electrons. The van der Waals surface area contributed by atoms with Crippen molar-refractivity contribution in [2.75, 3.05) is 19.6 Å². The molecule has 2 N–H and O–H groups in total. The van der Waals surface area contributed by atoms with Crippen LogP contribution in [0.25, 0.3) is 0 Å². The molecular weight excluding hydrogens is 312 g/mol. The summed E-state index contributed by atoms with van der Waals surface area (Å²) in [6.45, 7) is 9.76. The minimum absolute atomic E-state index is 0. The molecular formula is C13H25ClN4O2S. The highest BCUT2D eigenvalue weighted by atomic mass is 35.5. The Morgan fingerprint density at radius 3 is 2.43 bits per heavy atom. The fourth-order valence-corrected chi connectivity index (χ4v) is 4.81. The van der Waals surface area contributed by atoms with E-state index >= 15 is 0 Å². The van der Waals surface area contributed by atoms with Gasteiger partial charge in [-0.1, -0.05) is 6.92 Å². The third-order valence-corrected chi connectivity index (χ3v) is 6.33. The van der Waals surface area contributed by atoms with Crippen molar-refractivity contribution in [3.05, 3.63) is 11.4 Å². The number of aromatic nitrogens is 2. The van der Waals surface area contributed by atoms with Crippen LogP contribution in [0.2, 0.25) is 0 Å². The molecule has 0 amide bonds. The molecule has 1 fully saturated rings. The lowest BCUT2D eigenvalue weighted by atomic mass is 9.90. The molecule has 21 heavy (non-hydrogen) atoms. The van der Waals surface area contributed by atoms with Crippen LogP contribution >= 0.6 is 12.4 Å². The molecule has 1 aliphatic heterocycles. The Balaban J connectivity index is 0.00000220. The van der Waals surface area contributed by atoms with E-state index in [0.717, 1.165) is 6.42 Å². The summed E-state index contributed by atoms with van der Waals surface area (Å²) in [5, 5.41) is 4.31. The Bertz CT molecular complexity index is 614. The largest absolute Gasteiger partial charge is 0.330 e. The van der Waals surface area contributed by atoms with Crippen LogP contribution in [-0.4, -0.2) is 42.1 Å². The van der Waals surface area contributed by atoms with Crippen molar-refractivity contribution in [1.29, 1.82) is 0 Å². The molecule has 0 aromatic carbocycles. The van der Waals surface area contributed by atoms with E-state index in [4.69, 9.17) is 5.73 Å². The smallest absolute Gasteiger partial charge is 0.246 e. The summed E-state index contributed by atoms with van der Waals surface area (Å²) < 4.78 is 29.0. The van der Waals surface area contributed by atoms with Crippen molar-refractivity contribution in [1.82, 2.24) is 14.1 Å². The van der Waals surface area contributed by atoms with Crippen molar-refractivity contribution in [2.24, 2.45) is 11.1 Å². The summed E-state index contributed by atoms with van der Waals surface area (Å²) >= 11 is 0. The van der Waals surface area contributed by atoms with E-state index in [1.165, 1.54) is 0 Å². The zero-order chi connectivity index (χ0) is 15.1. The zero-order valence-electron chi connectivity index (χ0n) is 13.1. The topological polar surface area (TPSA) is 81.2 Å². The summed E-state index contributed by atoms with van der Waals surface area (Å²) in [4.78, 5) is 0.362. The molecule has 0 spiro atoms.